The van der Waals surface area contributed by atoms with Crippen LogP contribution in [0.5, 0.6) is 0 Å². The van der Waals surface area contributed by atoms with Crippen molar-refractivity contribution in [2.75, 3.05) is 27.8 Å². The molecule has 62 heavy (non-hydrogen) atoms. The Hall–Kier alpha value is -4.24. The minimum absolute atomic E-state index is 0.0381. The molecule has 2 aliphatic rings. The second-order valence-corrected chi connectivity index (χ2v) is 18.1. The van der Waals surface area contributed by atoms with Crippen molar-refractivity contribution in [1.82, 2.24) is 9.88 Å². The Labute approximate surface area is 367 Å². The number of esters is 3. The highest BCUT2D eigenvalue weighted by molar-refractivity contribution is 5.93. The molecule has 0 amide bonds. The zero-order valence-electron chi connectivity index (χ0n) is 38.3. The van der Waals surface area contributed by atoms with Crippen molar-refractivity contribution in [2.24, 2.45) is 23.7 Å². The number of methoxy groups -OCH3 is 1. The van der Waals surface area contributed by atoms with Crippen molar-refractivity contribution in [3.63, 3.8) is 0 Å². The monoisotopic (exact) mass is 860 g/mol. The molecule has 13 nitrogen and oxygen atoms in total. The Balaban J connectivity index is 1.54. The first-order chi connectivity index (χ1) is 29.3. The van der Waals surface area contributed by atoms with Gasteiger partial charge in [-0.25, -0.2) is 9.59 Å². The summed E-state index contributed by atoms with van der Waals surface area (Å²) in [6.45, 7) is 14.7. The maximum atomic E-state index is 14.5. The molecule has 13 atom stereocenters. The molecular weight excluding hydrogens is 793 g/mol. The van der Waals surface area contributed by atoms with Crippen LogP contribution in [0.2, 0.25) is 0 Å². The minimum atomic E-state index is -1.63. The molecule has 1 saturated heterocycles. The van der Waals surface area contributed by atoms with Crippen LogP contribution in [0.15, 0.2) is 78.5 Å². The molecule has 13 heteroatoms. The predicted octanol–water partition coefficient (Wildman–Crippen LogP) is 7.17. The highest BCUT2D eigenvalue weighted by Gasteiger charge is 2.51. The summed E-state index contributed by atoms with van der Waals surface area (Å²) in [6.07, 6.45) is -0.434. The Morgan fingerprint density at radius 3 is 2.32 bits per heavy atom. The third kappa shape index (κ3) is 11.3. The SMILES string of the molecule is CC[C@H]1OC(=O)[C@H](C)[C@H](OC(=O)c2ccccc2)[C@@H](C)[C@@H](O[C@@H]2O[C@H](C)C[C@H](N(C)C)[C@H]2O)[C@](C)(OC)C[C@@H](C)/C=C(/C)[C@H](CCOC(=O)c2cnc3ccccc3c2)[C@]1(C)O. The number of para-hydroxylation sites is 1. The van der Waals surface area contributed by atoms with Gasteiger partial charge in [0.2, 0.25) is 0 Å². The van der Waals surface area contributed by atoms with Gasteiger partial charge in [0.05, 0.1) is 47.0 Å². The van der Waals surface area contributed by atoms with Gasteiger partial charge in [0.1, 0.15) is 23.9 Å². The quantitative estimate of drug-likeness (QED) is 0.114. The molecule has 1 fully saturated rings. The number of benzene rings is 2. The van der Waals surface area contributed by atoms with E-state index in [0.29, 0.717) is 24.0 Å². The second-order valence-electron chi connectivity index (χ2n) is 18.1. The molecule has 0 spiro atoms. The van der Waals surface area contributed by atoms with Crippen LogP contribution in [0.3, 0.4) is 0 Å². The Morgan fingerprint density at radius 1 is 0.984 bits per heavy atom. The number of carbonyl (C=O) groups excluding carboxylic acids is 3. The molecule has 0 saturated carbocycles. The summed E-state index contributed by atoms with van der Waals surface area (Å²) in [6, 6.07) is 17.5. The maximum Gasteiger partial charge on any atom is 0.339 e. The van der Waals surface area contributed by atoms with Crippen LogP contribution in [0.25, 0.3) is 10.9 Å². The fraction of sp³-hybridized carbons (Fsp3) is 0.592. The third-order valence-electron chi connectivity index (χ3n) is 13.0. The Bertz CT molecular complexity index is 2010. The fourth-order valence-corrected chi connectivity index (χ4v) is 9.54. The molecule has 3 heterocycles. The number of likely N-dealkylation sites (N-methyl/N-ethyl adjacent to an activating group) is 1. The summed E-state index contributed by atoms with van der Waals surface area (Å²) in [4.78, 5) is 48.0. The number of hydrogen-bond acceptors (Lipinski definition) is 13. The van der Waals surface area contributed by atoms with Gasteiger partial charge >= 0.3 is 17.9 Å². The van der Waals surface area contributed by atoms with E-state index in [9.17, 15) is 24.6 Å². The van der Waals surface area contributed by atoms with Crippen LogP contribution >= 0.6 is 0 Å². The summed E-state index contributed by atoms with van der Waals surface area (Å²) >= 11 is 0. The number of carbonyl (C=O) groups is 3. The zero-order chi connectivity index (χ0) is 45.5. The van der Waals surface area contributed by atoms with Gasteiger partial charge < -0.3 is 43.5 Å². The molecule has 0 bridgehead atoms. The lowest BCUT2D eigenvalue weighted by atomic mass is 9.74. The van der Waals surface area contributed by atoms with Crippen LogP contribution in [0.4, 0.5) is 0 Å². The fourth-order valence-electron chi connectivity index (χ4n) is 9.54. The number of fused-ring (bicyclic) bond motifs is 1. The molecule has 2 aliphatic heterocycles. The largest absolute Gasteiger partial charge is 0.462 e. The molecule has 3 aromatic rings. The number of aliphatic hydroxyl groups excluding tert-OH is 1. The second kappa shape index (κ2) is 21.0. The molecule has 2 N–H and O–H groups in total. The molecule has 0 unspecified atom stereocenters. The number of allylic oxidation sites excluding steroid dienone is 1. The lowest BCUT2D eigenvalue weighted by Gasteiger charge is -2.48. The topological polar surface area (TPSA) is 163 Å². The van der Waals surface area contributed by atoms with Gasteiger partial charge in [-0.1, -0.05) is 68.8 Å². The number of aliphatic hydroxyl groups is 2. The van der Waals surface area contributed by atoms with E-state index in [1.54, 1.807) is 57.4 Å². The first kappa shape index (κ1) is 48.8. The molecule has 340 valence electrons. The van der Waals surface area contributed by atoms with Crippen molar-refractivity contribution in [1.29, 1.82) is 0 Å². The predicted molar refractivity (Wildman–Crippen MR) is 235 cm³/mol. The number of nitrogens with zero attached hydrogens (tertiary/aromatic N) is 2. The first-order valence-corrected chi connectivity index (χ1v) is 21.9. The van der Waals surface area contributed by atoms with Crippen LogP contribution in [-0.2, 0) is 33.2 Å². The summed E-state index contributed by atoms with van der Waals surface area (Å²) in [5.41, 5.74) is -0.582. The molecule has 0 radical (unpaired) electrons. The van der Waals surface area contributed by atoms with Crippen molar-refractivity contribution < 1.29 is 53.0 Å². The summed E-state index contributed by atoms with van der Waals surface area (Å²) in [5.74, 6) is -4.50. The highest BCUT2D eigenvalue weighted by Crippen LogP contribution is 2.41. The molecule has 2 aromatic carbocycles. The van der Waals surface area contributed by atoms with Gasteiger partial charge in [0.25, 0.3) is 0 Å². The van der Waals surface area contributed by atoms with Crippen molar-refractivity contribution in [3.05, 3.63) is 89.6 Å². The first-order valence-electron chi connectivity index (χ1n) is 21.9. The normalized spacial score (nSPS) is 34.7. The van der Waals surface area contributed by atoms with E-state index in [-0.39, 0.29) is 37.5 Å². The summed E-state index contributed by atoms with van der Waals surface area (Å²) in [7, 11) is 5.38. The van der Waals surface area contributed by atoms with Crippen LogP contribution in [0.1, 0.15) is 102 Å². The van der Waals surface area contributed by atoms with Crippen molar-refractivity contribution in [2.45, 2.75) is 135 Å². The smallest absolute Gasteiger partial charge is 0.339 e. The van der Waals surface area contributed by atoms with E-state index in [0.717, 1.165) is 16.5 Å². The maximum absolute atomic E-state index is 14.5. The molecule has 5 rings (SSSR count). The van der Waals surface area contributed by atoms with E-state index in [1.165, 1.54) is 6.20 Å². The van der Waals surface area contributed by atoms with Crippen LogP contribution in [-0.4, -0.2) is 120 Å². The van der Waals surface area contributed by atoms with E-state index >= 15 is 0 Å². The van der Waals surface area contributed by atoms with Gasteiger partial charge in [-0.05, 0) is 105 Å². The standard InChI is InChI=1S/C49H68N2O11/c1-12-40-49(8,56)37(22-23-58-45(54)36-26-35-20-16-17-21-38(35)50-28-36)30(3)24-29(2)27-48(7,57-11)43(62-47-41(52)39(51(9)10)25-31(4)59-47)32(5)42(33(6)44(53)60-40)61-46(55)34-18-14-13-15-19-34/h13-21,24,26,28-29,31-33,37,39-43,47,52,56H,12,22-23,25,27H2,1-11H3/b30-24-/t29-,31+,32+,33+,37-,39-,40+,41+,42+,43+,47-,48+,49-/m0/s1. The van der Waals surface area contributed by atoms with Gasteiger partial charge in [0, 0.05) is 36.6 Å². The number of cyclic esters (lactones) is 1. The van der Waals surface area contributed by atoms with Crippen LogP contribution in [0, 0.1) is 23.7 Å². The molecular formula is C49H68N2O11. The molecule has 1 aromatic heterocycles. The summed E-state index contributed by atoms with van der Waals surface area (Å²) in [5, 5.41) is 25.0. The van der Waals surface area contributed by atoms with Crippen molar-refractivity contribution >= 4 is 28.8 Å². The minimum Gasteiger partial charge on any atom is -0.462 e. The summed E-state index contributed by atoms with van der Waals surface area (Å²) < 4.78 is 37.9. The third-order valence-corrected chi connectivity index (χ3v) is 13.0. The lowest BCUT2D eigenvalue weighted by molar-refractivity contribution is -0.301. The van der Waals surface area contributed by atoms with Crippen molar-refractivity contribution in [3.8, 4) is 0 Å². The number of pyridine rings is 1. The number of ether oxygens (including phenoxy) is 6. The van der Waals surface area contributed by atoms with E-state index in [1.807, 2.05) is 84.8 Å². The average molecular weight is 861 g/mol. The van der Waals surface area contributed by atoms with Gasteiger partial charge in [-0.2, -0.15) is 0 Å². The average Bonchev–Trinajstić information content (AvgIpc) is 3.24. The molecule has 0 aliphatic carbocycles. The van der Waals surface area contributed by atoms with E-state index in [2.05, 4.69) is 11.1 Å². The number of hydrogen-bond donors (Lipinski definition) is 2. The van der Waals surface area contributed by atoms with Gasteiger partial charge in [-0.3, -0.25) is 9.78 Å². The number of rotatable bonds is 11. The van der Waals surface area contributed by atoms with E-state index < -0.39 is 77.6 Å². The highest BCUT2D eigenvalue weighted by atomic mass is 16.7. The van der Waals surface area contributed by atoms with E-state index in [4.69, 9.17) is 28.4 Å². The Kier molecular flexibility index (Phi) is 16.5. The number of aromatic nitrogens is 1. The van der Waals surface area contributed by atoms with Gasteiger partial charge in [-0.15, -0.1) is 0 Å². The Morgan fingerprint density at radius 2 is 1.66 bits per heavy atom. The lowest BCUT2D eigenvalue weighted by Crippen LogP contribution is -2.60. The van der Waals surface area contributed by atoms with Crippen LogP contribution < -0.4 is 0 Å². The zero-order valence-corrected chi connectivity index (χ0v) is 38.3. The van der Waals surface area contributed by atoms with Gasteiger partial charge in [0.15, 0.2) is 6.29 Å².